The van der Waals surface area contributed by atoms with Crippen LogP contribution in [0.15, 0.2) is 36.5 Å². The minimum Gasteiger partial charge on any atom is -0.466 e. The van der Waals surface area contributed by atoms with Crippen molar-refractivity contribution in [2.75, 3.05) is 13.2 Å². The highest BCUT2D eigenvalue weighted by Gasteiger charge is 2.18. The van der Waals surface area contributed by atoms with Crippen LogP contribution in [-0.4, -0.2) is 47.4 Å². The van der Waals surface area contributed by atoms with E-state index < -0.39 is 12.1 Å². The Morgan fingerprint density at radius 3 is 0.950 bits per heavy atom. The number of unbranched alkanes of at least 4 members (excludes halogenated alkanes) is 53. The zero-order chi connectivity index (χ0) is 57.8. The van der Waals surface area contributed by atoms with Crippen LogP contribution in [0.25, 0.3) is 0 Å². The zero-order valence-electron chi connectivity index (χ0n) is 54.1. The first-order chi connectivity index (χ1) is 39.5. The molecule has 6 heteroatoms. The molecule has 3 N–H and O–H groups in total. The van der Waals surface area contributed by atoms with Gasteiger partial charge in [0.15, 0.2) is 0 Å². The Labute approximate surface area is 500 Å². The van der Waals surface area contributed by atoms with Gasteiger partial charge in [-0.15, -0.1) is 0 Å². The Hall–Kier alpha value is -1.92. The summed E-state index contributed by atoms with van der Waals surface area (Å²) in [7, 11) is 0. The quantitative estimate of drug-likeness (QED) is 0.0320. The molecule has 0 heterocycles. The van der Waals surface area contributed by atoms with E-state index in [9.17, 15) is 19.8 Å². The molecule has 0 aromatic rings. The van der Waals surface area contributed by atoms with Crippen molar-refractivity contribution in [3.8, 4) is 0 Å². The molecule has 0 saturated heterocycles. The summed E-state index contributed by atoms with van der Waals surface area (Å²) in [5.74, 6) is -0.0461. The number of carbonyl (C=O) groups excluding carboxylic acids is 2. The molecule has 0 spiro atoms. The van der Waals surface area contributed by atoms with Crippen LogP contribution in [0.2, 0.25) is 0 Å². The van der Waals surface area contributed by atoms with E-state index in [1.165, 1.54) is 327 Å². The fourth-order valence-corrected chi connectivity index (χ4v) is 11.4. The predicted octanol–water partition coefficient (Wildman–Crippen LogP) is 23.5. The molecule has 0 saturated carbocycles. The smallest absolute Gasteiger partial charge is 0.305 e. The summed E-state index contributed by atoms with van der Waals surface area (Å²) in [5.41, 5.74) is 0. The molecule has 2 atom stereocenters. The Kier molecular flexibility index (Phi) is 67.9. The Balaban J connectivity index is 3.39. The highest BCUT2D eigenvalue weighted by molar-refractivity contribution is 5.76. The molecule has 0 rings (SSSR count). The van der Waals surface area contributed by atoms with E-state index >= 15 is 0 Å². The molecule has 1 amide bonds. The number of aliphatic hydroxyl groups excluding tert-OH is 2. The topological polar surface area (TPSA) is 95.9 Å². The molecule has 472 valence electrons. The van der Waals surface area contributed by atoms with Gasteiger partial charge in [0.25, 0.3) is 0 Å². The van der Waals surface area contributed by atoms with Gasteiger partial charge in [0.2, 0.25) is 5.91 Å². The molecule has 0 radical (unpaired) electrons. The van der Waals surface area contributed by atoms with Crippen LogP contribution in [0.1, 0.15) is 399 Å². The summed E-state index contributed by atoms with van der Waals surface area (Å²) < 4.78 is 5.47. The van der Waals surface area contributed by atoms with Crippen LogP contribution in [-0.2, 0) is 14.3 Å². The molecule has 0 aromatic carbocycles. The summed E-state index contributed by atoms with van der Waals surface area (Å²) in [5, 5.41) is 23.2. The van der Waals surface area contributed by atoms with Crippen molar-refractivity contribution in [3.63, 3.8) is 0 Å². The maximum atomic E-state index is 12.5. The summed E-state index contributed by atoms with van der Waals surface area (Å²) in [4.78, 5) is 24.5. The van der Waals surface area contributed by atoms with E-state index in [2.05, 4.69) is 43.5 Å². The van der Waals surface area contributed by atoms with Crippen molar-refractivity contribution in [2.24, 2.45) is 0 Å². The van der Waals surface area contributed by atoms with Crippen molar-refractivity contribution in [1.29, 1.82) is 0 Å². The van der Waals surface area contributed by atoms with E-state index in [4.69, 9.17) is 4.74 Å². The molecular weight excluding hydrogens is 983 g/mol. The number of aliphatic hydroxyl groups is 2. The third-order valence-electron chi connectivity index (χ3n) is 16.9. The van der Waals surface area contributed by atoms with E-state index in [1.54, 1.807) is 6.08 Å². The lowest BCUT2D eigenvalue weighted by molar-refractivity contribution is -0.143. The second-order valence-electron chi connectivity index (χ2n) is 24.9. The normalized spacial score (nSPS) is 12.7. The first kappa shape index (κ1) is 78.1. The Morgan fingerprint density at radius 1 is 0.350 bits per heavy atom. The van der Waals surface area contributed by atoms with E-state index in [0.717, 1.165) is 44.9 Å². The summed E-state index contributed by atoms with van der Waals surface area (Å²) in [6.07, 6.45) is 89.5. The molecule has 0 aromatic heterocycles. The first-order valence-electron chi connectivity index (χ1n) is 36.3. The number of allylic oxidation sites excluding steroid dienone is 5. The molecular formula is C74H141NO5. The highest BCUT2D eigenvalue weighted by Crippen LogP contribution is 2.19. The lowest BCUT2D eigenvalue weighted by Gasteiger charge is -2.20. The van der Waals surface area contributed by atoms with E-state index in [0.29, 0.717) is 19.4 Å². The molecule has 0 bridgehead atoms. The third-order valence-corrected chi connectivity index (χ3v) is 16.9. The zero-order valence-corrected chi connectivity index (χ0v) is 54.1. The molecule has 6 nitrogen and oxygen atoms in total. The van der Waals surface area contributed by atoms with E-state index in [-0.39, 0.29) is 18.5 Å². The Bertz CT molecular complexity index is 1300. The number of nitrogens with one attached hydrogen (secondary N) is 1. The number of amides is 1. The van der Waals surface area contributed by atoms with Crippen molar-refractivity contribution in [3.05, 3.63) is 36.5 Å². The molecule has 0 aliphatic rings. The summed E-state index contributed by atoms with van der Waals surface area (Å²) >= 11 is 0. The van der Waals surface area contributed by atoms with Crippen LogP contribution in [0.3, 0.4) is 0 Å². The number of rotatable bonds is 68. The molecule has 2 unspecified atom stereocenters. The van der Waals surface area contributed by atoms with Crippen LogP contribution < -0.4 is 5.32 Å². The van der Waals surface area contributed by atoms with Crippen LogP contribution in [0.4, 0.5) is 0 Å². The van der Waals surface area contributed by atoms with Gasteiger partial charge >= 0.3 is 5.97 Å². The monoisotopic (exact) mass is 1120 g/mol. The van der Waals surface area contributed by atoms with Gasteiger partial charge in [0.1, 0.15) is 0 Å². The van der Waals surface area contributed by atoms with Crippen LogP contribution in [0, 0.1) is 0 Å². The second-order valence-corrected chi connectivity index (χ2v) is 24.9. The number of hydrogen-bond acceptors (Lipinski definition) is 5. The number of ether oxygens (including phenoxy) is 1. The molecule has 0 fully saturated rings. The van der Waals surface area contributed by atoms with Crippen molar-refractivity contribution in [1.82, 2.24) is 5.32 Å². The van der Waals surface area contributed by atoms with Crippen molar-refractivity contribution in [2.45, 2.75) is 411 Å². The van der Waals surface area contributed by atoms with Gasteiger partial charge in [0.05, 0.1) is 25.4 Å². The van der Waals surface area contributed by atoms with Gasteiger partial charge in [-0.05, 0) is 64.2 Å². The number of hydrogen-bond donors (Lipinski definition) is 3. The highest BCUT2D eigenvalue weighted by atomic mass is 16.5. The first-order valence-corrected chi connectivity index (χ1v) is 36.3. The van der Waals surface area contributed by atoms with Gasteiger partial charge in [-0.1, -0.05) is 359 Å². The SMILES string of the molecule is CCCCCCCCCCCCCCCCC/C=C/C(O)C(CO)NC(=O)CCCCCCCCCCCCCCCCCCC/C=C\C/C=C\CCCCCCCCCCCCCOC(=O)CCCCCCCCCCCCC. The lowest BCUT2D eigenvalue weighted by atomic mass is 10.0. The predicted molar refractivity (Wildman–Crippen MR) is 352 cm³/mol. The summed E-state index contributed by atoms with van der Waals surface area (Å²) in [6.45, 7) is 4.93. The fraction of sp³-hybridized carbons (Fsp3) is 0.892. The van der Waals surface area contributed by atoms with Gasteiger partial charge in [-0.3, -0.25) is 9.59 Å². The van der Waals surface area contributed by atoms with Gasteiger partial charge in [-0.25, -0.2) is 0 Å². The average molecular weight is 1120 g/mol. The van der Waals surface area contributed by atoms with Crippen LogP contribution in [0.5, 0.6) is 0 Å². The second kappa shape index (κ2) is 69.6. The molecule has 80 heavy (non-hydrogen) atoms. The lowest BCUT2D eigenvalue weighted by Crippen LogP contribution is -2.45. The van der Waals surface area contributed by atoms with Gasteiger partial charge in [0, 0.05) is 12.8 Å². The largest absolute Gasteiger partial charge is 0.466 e. The van der Waals surface area contributed by atoms with Crippen LogP contribution >= 0.6 is 0 Å². The fourth-order valence-electron chi connectivity index (χ4n) is 11.4. The van der Waals surface area contributed by atoms with Gasteiger partial charge in [-0.2, -0.15) is 0 Å². The minimum atomic E-state index is -0.843. The number of carbonyl (C=O) groups is 2. The average Bonchev–Trinajstić information content (AvgIpc) is 3.46. The standard InChI is InChI=1S/C74H141NO5/c1-3-5-7-9-11-13-15-16-17-37-40-43-47-50-54-58-62-66-72(77)71(70-76)75-73(78)67-63-59-55-51-48-44-41-38-35-33-31-29-27-25-23-21-19-18-20-22-24-26-28-30-32-34-36-39-42-45-49-53-57-61-65-69-80-74(79)68-64-60-56-52-46-14-12-10-8-6-4-2/h20,22,26,28,62,66,71-72,76-77H,3-19,21,23-25,27,29-61,63-65,67-70H2,1-2H3,(H,75,78)/b22-20-,28-26-,66-62+. The number of esters is 1. The van der Waals surface area contributed by atoms with Crippen molar-refractivity contribution < 1.29 is 24.5 Å². The summed E-state index contributed by atoms with van der Waals surface area (Å²) in [6, 6.07) is -0.626. The van der Waals surface area contributed by atoms with E-state index in [1.807, 2.05) is 6.08 Å². The van der Waals surface area contributed by atoms with Gasteiger partial charge < -0.3 is 20.3 Å². The maximum absolute atomic E-state index is 12.5. The maximum Gasteiger partial charge on any atom is 0.305 e. The molecule has 0 aliphatic heterocycles. The minimum absolute atomic E-state index is 0.0166. The third kappa shape index (κ3) is 65.2. The molecule has 0 aliphatic carbocycles. The van der Waals surface area contributed by atoms with Crippen molar-refractivity contribution >= 4 is 11.9 Å². The Morgan fingerprint density at radius 2 is 0.625 bits per heavy atom.